The summed E-state index contributed by atoms with van der Waals surface area (Å²) in [6.45, 7) is 8.60. The lowest BCUT2D eigenvalue weighted by Crippen LogP contribution is -2.30. The van der Waals surface area contributed by atoms with Gasteiger partial charge in [-0.3, -0.25) is 0 Å². The summed E-state index contributed by atoms with van der Waals surface area (Å²) >= 11 is 0. The van der Waals surface area contributed by atoms with Crippen molar-refractivity contribution in [2.75, 3.05) is 7.11 Å². The number of esters is 1. The fraction of sp³-hybridized carbons (Fsp3) is 0.316. The third-order valence-corrected chi connectivity index (χ3v) is 3.57. The van der Waals surface area contributed by atoms with E-state index < -0.39 is 17.7 Å². The molecule has 0 aliphatic carbocycles. The van der Waals surface area contributed by atoms with E-state index in [4.69, 9.17) is 9.47 Å². The maximum atomic E-state index is 11.6. The van der Waals surface area contributed by atoms with E-state index in [0.29, 0.717) is 11.3 Å². The quantitative estimate of drug-likeness (QED) is 0.518. The molecule has 0 saturated carbocycles. The Bertz CT molecular complexity index is 741. The average molecular weight is 314 g/mol. The number of ether oxygens (including phenoxy) is 2. The zero-order valence-corrected chi connectivity index (χ0v) is 13.9. The van der Waals surface area contributed by atoms with Gasteiger partial charge < -0.3 is 14.6 Å². The van der Waals surface area contributed by atoms with Crippen molar-refractivity contribution >= 4 is 16.7 Å². The first-order valence-corrected chi connectivity index (χ1v) is 7.39. The molecule has 0 spiro atoms. The number of carbonyl (C=O) groups is 1. The molecule has 0 radical (unpaired) electrons. The number of fused-ring (bicyclic) bond motifs is 1. The Kier molecular flexibility index (Phi) is 4.88. The number of hydrogen-bond acceptors (Lipinski definition) is 4. The Morgan fingerprint density at radius 1 is 1.17 bits per heavy atom. The van der Waals surface area contributed by atoms with Crippen molar-refractivity contribution in [3.63, 3.8) is 0 Å². The molecular weight excluding hydrogens is 292 g/mol. The van der Waals surface area contributed by atoms with Crippen LogP contribution in [0.4, 0.5) is 0 Å². The summed E-state index contributed by atoms with van der Waals surface area (Å²) in [5.41, 5.74) is 0.257. The molecule has 1 unspecified atom stereocenters. The maximum Gasteiger partial charge on any atom is 0.338 e. The molecule has 23 heavy (non-hydrogen) atoms. The number of carbonyl (C=O) groups excluding carboxylic acids is 1. The van der Waals surface area contributed by atoms with Crippen LogP contribution >= 0.6 is 0 Å². The van der Waals surface area contributed by atoms with Gasteiger partial charge in [-0.05, 0) is 55.3 Å². The first kappa shape index (κ1) is 17.2. The van der Waals surface area contributed by atoms with Crippen molar-refractivity contribution in [2.45, 2.75) is 32.5 Å². The molecule has 0 fully saturated rings. The van der Waals surface area contributed by atoms with Gasteiger partial charge in [0.25, 0.3) is 0 Å². The maximum absolute atomic E-state index is 11.6. The molecule has 0 aliphatic heterocycles. The Balaban J connectivity index is 2.35. The summed E-state index contributed by atoms with van der Waals surface area (Å²) in [5.74, 6) is 0.0338. The fourth-order valence-electron chi connectivity index (χ4n) is 2.50. The van der Waals surface area contributed by atoms with Crippen LogP contribution in [0.2, 0.25) is 0 Å². The molecule has 0 bridgehead atoms. The predicted molar refractivity (Wildman–Crippen MR) is 90.4 cm³/mol. The normalized spacial score (nSPS) is 12.9. The number of aliphatic hydroxyl groups is 1. The minimum Gasteiger partial charge on any atom is -0.423 e. The number of methoxy groups -OCH3 is 1. The topological polar surface area (TPSA) is 55.8 Å². The zero-order valence-electron chi connectivity index (χ0n) is 13.9. The van der Waals surface area contributed by atoms with Crippen molar-refractivity contribution in [3.8, 4) is 5.75 Å². The van der Waals surface area contributed by atoms with Gasteiger partial charge >= 0.3 is 5.97 Å². The molecule has 0 aromatic heterocycles. The highest BCUT2D eigenvalue weighted by molar-refractivity contribution is 5.90. The van der Waals surface area contributed by atoms with Gasteiger partial charge in [-0.15, -0.1) is 0 Å². The smallest absolute Gasteiger partial charge is 0.338 e. The van der Waals surface area contributed by atoms with Gasteiger partial charge in [0.05, 0.1) is 5.60 Å². The zero-order chi connectivity index (χ0) is 17.2. The molecule has 1 N–H and O–H groups in total. The van der Waals surface area contributed by atoms with E-state index in [-0.39, 0.29) is 0 Å². The molecule has 0 heterocycles. The molecule has 1 atom stereocenters. The van der Waals surface area contributed by atoms with E-state index in [1.165, 1.54) is 0 Å². The van der Waals surface area contributed by atoms with Crippen LogP contribution in [0.25, 0.3) is 10.8 Å². The second kappa shape index (κ2) is 6.52. The number of benzene rings is 2. The molecule has 122 valence electrons. The Morgan fingerprint density at radius 2 is 1.78 bits per heavy atom. The number of hydrogen-bond donors (Lipinski definition) is 1. The lowest BCUT2D eigenvalue weighted by molar-refractivity contribution is -0.130. The third kappa shape index (κ3) is 3.97. The minimum absolute atomic E-state index is 0.355. The standard InChI is InChI=1S/C19H22O4/c1-12(2)18(20)23-16-9-8-13-10-15(7-6-14(13)11-16)17(22-5)19(3,4)21/h6-11,17,21H,1H2,2-5H3. The summed E-state index contributed by atoms with van der Waals surface area (Å²) in [4.78, 5) is 11.6. The SMILES string of the molecule is C=C(C)C(=O)Oc1ccc2cc(C(OC)C(C)(C)O)ccc2c1. The fourth-order valence-corrected chi connectivity index (χ4v) is 2.50. The highest BCUT2D eigenvalue weighted by atomic mass is 16.5. The lowest BCUT2D eigenvalue weighted by atomic mass is 9.93. The molecule has 0 saturated heterocycles. The molecule has 2 aromatic carbocycles. The van der Waals surface area contributed by atoms with Crippen molar-refractivity contribution in [3.05, 3.63) is 54.1 Å². The first-order chi connectivity index (χ1) is 10.7. The second-order valence-corrected chi connectivity index (χ2v) is 6.21. The summed E-state index contributed by atoms with van der Waals surface area (Å²) in [6.07, 6.45) is -0.423. The summed E-state index contributed by atoms with van der Waals surface area (Å²) in [5, 5.41) is 12.1. The van der Waals surface area contributed by atoms with Gasteiger partial charge in [0.1, 0.15) is 11.9 Å². The number of rotatable bonds is 5. The lowest BCUT2D eigenvalue weighted by Gasteiger charge is -2.28. The monoisotopic (exact) mass is 314 g/mol. The predicted octanol–water partition coefficient (Wildman–Crippen LogP) is 3.78. The van der Waals surface area contributed by atoms with Crippen molar-refractivity contribution in [2.24, 2.45) is 0 Å². The van der Waals surface area contributed by atoms with Gasteiger partial charge in [-0.2, -0.15) is 0 Å². The molecule has 4 nitrogen and oxygen atoms in total. The van der Waals surface area contributed by atoms with E-state index in [2.05, 4.69) is 6.58 Å². The molecular formula is C19H22O4. The van der Waals surface area contributed by atoms with E-state index in [0.717, 1.165) is 16.3 Å². The largest absolute Gasteiger partial charge is 0.423 e. The summed E-state index contributed by atoms with van der Waals surface area (Å²) < 4.78 is 10.7. The summed E-state index contributed by atoms with van der Waals surface area (Å²) in [6, 6.07) is 11.2. The van der Waals surface area contributed by atoms with Crippen molar-refractivity contribution in [1.82, 2.24) is 0 Å². The van der Waals surface area contributed by atoms with Gasteiger partial charge in [0.15, 0.2) is 0 Å². The van der Waals surface area contributed by atoms with Crippen LogP contribution in [0.3, 0.4) is 0 Å². The Labute approximate surface area is 136 Å². The highest BCUT2D eigenvalue weighted by Gasteiger charge is 2.28. The van der Waals surface area contributed by atoms with Gasteiger partial charge in [-0.25, -0.2) is 4.79 Å². The van der Waals surface area contributed by atoms with Gasteiger partial charge in [0.2, 0.25) is 0 Å². The van der Waals surface area contributed by atoms with Crippen LogP contribution in [-0.4, -0.2) is 23.8 Å². The van der Waals surface area contributed by atoms with Crippen LogP contribution in [0.5, 0.6) is 5.75 Å². The Morgan fingerprint density at radius 3 is 2.35 bits per heavy atom. The van der Waals surface area contributed by atoms with E-state index in [9.17, 15) is 9.90 Å². The highest BCUT2D eigenvalue weighted by Crippen LogP contribution is 2.31. The molecule has 2 rings (SSSR count). The van der Waals surface area contributed by atoms with Crippen LogP contribution < -0.4 is 4.74 Å². The average Bonchev–Trinajstić information content (AvgIpc) is 2.46. The van der Waals surface area contributed by atoms with Crippen LogP contribution in [-0.2, 0) is 9.53 Å². The van der Waals surface area contributed by atoms with E-state index >= 15 is 0 Å². The molecule has 4 heteroatoms. The molecule has 0 aliphatic rings. The van der Waals surface area contributed by atoms with Gasteiger partial charge in [-0.1, -0.05) is 24.8 Å². The second-order valence-electron chi connectivity index (χ2n) is 6.21. The molecule has 2 aromatic rings. The van der Waals surface area contributed by atoms with Crippen molar-refractivity contribution < 1.29 is 19.4 Å². The first-order valence-electron chi connectivity index (χ1n) is 7.39. The Hall–Kier alpha value is -2.17. The van der Waals surface area contributed by atoms with Gasteiger partial charge in [0, 0.05) is 12.7 Å². The van der Waals surface area contributed by atoms with E-state index in [1.807, 2.05) is 24.3 Å². The molecule has 0 amide bonds. The third-order valence-electron chi connectivity index (χ3n) is 3.57. The van der Waals surface area contributed by atoms with Crippen LogP contribution in [0, 0.1) is 0 Å². The van der Waals surface area contributed by atoms with Crippen molar-refractivity contribution in [1.29, 1.82) is 0 Å². The minimum atomic E-state index is -0.987. The summed E-state index contributed by atoms with van der Waals surface area (Å²) in [7, 11) is 1.58. The van der Waals surface area contributed by atoms with Crippen LogP contribution in [0.1, 0.15) is 32.4 Å². The van der Waals surface area contributed by atoms with E-state index in [1.54, 1.807) is 40.0 Å². The van der Waals surface area contributed by atoms with Crippen LogP contribution in [0.15, 0.2) is 48.6 Å².